The van der Waals surface area contributed by atoms with Crippen molar-refractivity contribution in [3.05, 3.63) is 23.8 Å². The van der Waals surface area contributed by atoms with Gasteiger partial charge in [0, 0.05) is 10.8 Å². The lowest BCUT2D eigenvalue weighted by atomic mass is 9.46. The number of Topliss-reactive ketones (excluding diaryl/α,β-unsaturated/α-hetero) is 1. The summed E-state index contributed by atoms with van der Waals surface area (Å²) < 4.78 is 21.0. The lowest BCUT2D eigenvalue weighted by Gasteiger charge is -2.63. The molecule has 0 radical (unpaired) electrons. The van der Waals surface area contributed by atoms with Crippen LogP contribution in [0.3, 0.4) is 0 Å². The molecule has 7 heteroatoms. The molecule has 5 nitrogen and oxygen atoms in total. The Balaban J connectivity index is 1.67. The molecule has 3 saturated carbocycles. The van der Waals surface area contributed by atoms with Crippen LogP contribution in [0.15, 0.2) is 23.8 Å². The van der Waals surface area contributed by atoms with Crippen molar-refractivity contribution in [2.24, 2.45) is 39.9 Å². The van der Waals surface area contributed by atoms with E-state index in [0.717, 1.165) is 0 Å². The quantitative estimate of drug-likeness (QED) is 0.458. The van der Waals surface area contributed by atoms with E-state index in [1.54, 1.807) is 26.8 Å². The summed E-state index contributed by atoms with van der Waals surface area (Å²) in [7, 11) is 0. The molecule has 4 aliphatic rings. The molecule has 188 valence electrons. The van der Waals surface area contributed by atoms with Crippen molar-refractivity contribution in [1.82, 2.24) is 0 Å². The minimum absolute atomic E-state index is 0.0651. The van der Waals surface area contributed by atoms with Crippen LogP contribution < -0.4 is 0 Å². The topological polar surface area (TPSA) is 80.7 Å². The molecule has 0 spiro atoms. The Kier molecular flexibility index (Phi) is 6.01. The average Bonchev–Trinajstić information content (AvgIpc) is 2.99. The van der Waals surface area contributed by atoms with E-state index in [1.807, 2.05) is 20.8 Å². The summed E-state index contributed by atoms with van der Waals surface area (Å²) in [6.07, 6.45) is 3.04. The van der Waals surface area contributed by atoms with E-state index in [-0.39, 0.29) is 42.9 Å². The van der Waals surface area contributed by atoms with E-state index < -0.39 is 51.2 Å². The van der Waals surface area contributed by atoms with Crippen molar-refractivity contribution < 1.29 is 28.6 Å². The number of ketones is 2. The first-order chi connectivity index (χ1) is 15.6. The fourth-order valence-electron chi connectivity index (χ4n) is 7.52. The van der Waals surface area contributed by atoms with Gasteiger partial charge in [-0.2, -0.15) is 0 Å². The number of alkyl halides is 2. The SMILES string of the molecule is C[C@@H]1C[C@H]2[C@@H]3C[C@H](F)C4=CC(=O)C=C[C@]4(C)[C@@]3(Cl)[C@@H](O)C[C@]2(C)[C@H]1C(=O)OCC(=O)C(C)(C)C. The Morgan fingerprint density at radius 3 is 2.50 bits per heavy atom. The van der Waals surface area contributed by atoms with E-state index >= 15 is 4.39 Å². The largest absolute Gasteiger partial charge is 0.457 e. The van der Waals surface area contributed by atoms with Crippen molar-refractivity contribution in [2.75, 3.05) is 6.61 Å². The van der Waals surface area contributed by atoms with Gasteiger partial charge in [0.05, 0.1) is 16.9 Å². The zero-order valence-corrected chi connectivity index (χ0v) is 21.6. The third kappa shape index (κ3) is 3.46. The van der Waals surface area contributed by atoms with Gasteiger partial charge in [-0.25, -0.2) is 4.39 Å². The Morgan fingerprint density at radius 2 is 1.88 bits per heavy atom. The van der Waals surface area contributed by atoms with Crippen LogP contribution in [0.2, 0.25) is 0 Å². The van der Waals surface area contributed by atoms with Crippen molar-refractivity contribution >= 4 is 29.1 Å². The molecule has 0 aromatic rings. The van der Waals surface area contributed by atoms with Crippen LogP contribution in [0.25, 0.3) is 0 Å². The molecule has 9 atom stereocenters. The number of aliphatic hydroxyl groups excluding tert-OH is 1. The normalized spacial score (nSPS) is 45.7. The maximum atomic E-state index is 15.5. The molecule has 0 aromatic heterocycles. The lowest BCUT2D eigenvalue weighted by molar-refractivity contribution is -0.164. The Hall–Kier alpha value is -1.53. The molecule has 1 N–H and O–H groups in total. The first-order valence-corrected chi connectivity index (χ1v) is 12.6. The monoisotopic (exact) mass is 494 g/mol. The van der Waals surface area contributed by atoms with Gasteiger partial charge < -0.3 is 9.84 Å². The van der Waals surface area contributed by atoms with Crippen LogP contribution in [-0.4, -0.2) is 46.4 Å². The first-order valence-electron chi connectivity index (χ1n) is 12.2. The predicted octanol–water partition coefficient (Wildman–Crippen LogP) is 4.60. The smallest absolute Gasteiger partial charge is 0.310 e. The molecule has 3 fully saturated rings. The maximum absolute atomic E-state index is 15.5. The van der Waals surface area contributed by atoms with E-state index in [9.17, 15) is 19.5 Å². The number of allylic oxidation sites excluding steroid dienone is 4. The third-order valence-electron chi connectivity index (χ3n) is 9.40. The summed E-state index contributed by atoms with van der Waals surface area (Å²) in [5, 5.41) is 11.5. The number of esters is 1. The van der Waals surface area contributed by atoms with Gasteiger partial charge in [0.15, 0.2) is 18.2 Å². The molecule has 0 saturated heterocycles. The molecule has 0 aromatic carbocycles. The minimum Gasteiger partial charge on any atom is -0.457 e. The molecule has 4 rings (SSSR count). The van der Waals surface area contributed by atoms with Crippen LogP contribution in [-0.2, 0) is 19.1 Å². The summed E-state index contributed by atoms with van der Waals surface area (Å²) in [4.78, 5) is 36.4. The molecule has 4 aliphatic carbocycles. The molecule has 0 amide bonds. The highest BCUT2D eigenvalue weighted by Crippen LogP contribution is 2.70. The number of aliphatic hydroxyl groups is 1. The standard InChI is InChI=1S/C27H36ClFO5/c1-14-9-16-17-11-19(29)18-10-15(30)7-8-26(18,6)27(17,28)20(31)12-25(16,5)22(14)23(33)34-13-21(32)24(2,3)4/h7-8,10,14,16-17,19-20,22,31H,9,11-13H2,1-6H3/t14-,16+,17+,19+,20+,22-,25+,26+,27+/m1/s1. The average molecular weight is 495 g/mol. The van der Waals surface area contributed by atoms with Gasteiger partial charge in [0.2, 0.25) is 0 Å². The molecule has 0 heterocycles. The maximum Gasteiger partial charge on any atom is 0.310 e. The minimum atomic E-state index is -1.35. The van der Waals surface area contributed by atoms with E-state index in [4.69, 9.17) is 16.3 Å². The number of rotatable bonds is 3. The van der Waals surface area contributed by atoms with Crippen LogP contribution in [0.4, 0.5) is 4.39 Å². The first kappa shape index (κ1) is 25.6. The zero-order chi connectivity index (χ0) is 25.4. The number of hydrogen-bond acceptors (Lipinski definition) is 5. The van der Waals surface area contributed by atoms with Crippen molar-refractivity contribution in [2.45, 2.75) is 78.0 Å². The highest BCUT2D eigenvalue weighted by Gasteiger charge is 2.72. The van der Waals surface area contributed by atoms with Gasteiger partial charge in [-0.3, -0.25) is 14.4 Å². The van der Waals surface area contributed by atoms with Crippen LogP contribution >= 0.6 is 11.6 Å². The van der Waals surface area contributed by atoms with Crippen LogP contribution in [0.1, 0.15) is 60.8 Å². The van der Waals surface area contributed by atoms with Crippen molar-refractivity contribution in [3.63, 3.8) is 0 Å². The van der Waals surface area contributed by atoms with Gasteiger partial charge in [0.25, 0.3) is 0 Å². The predicted molar refractivity (Wildman–Crippen MR) is 127 cm³/mol. The van der Waals surface area contributed by atoms with Gasteiger partial charge in [-0.1, -0.05) is 47.6 Å². The lowest BCUT2D eigenvalue weighted by Crippen LogP contribution is -2.67. The fraction of sp³-hybridized carbons (Fsp3) is 0.741. The highest BCUT2D eigenvalue weighted by molar-refractivity contribution is 6.26. The summed E-state index contributed by atoms with van der Waals surface area (Å²) >= 11 is 7.33. The molecule has 0 bridgehead atoms. The zero-order valence-electron chi connectivity index (χ0n) is 20.9. The van der Waals surface area contributed by atoms with E-state index in [1.165, 1.54) is 12.2 Å². The fourth-order valence-corrected chi connectivity index (χ4v) is 8.01. The number of fused-ring (bicyclic) bond motifs is 5. The molecule has 0 aliphatic heterocycles. The van der Waals surface area contributed by atoms with Gasteiger partial charge in [0.1, 0.15) is 6.17 Å². The summed E-state index contributed by atoms with van der Waals surface area (Å²) in [5.74, 6) is -1.96. The second kappa shape index (κ2) is 7.99. The highest BCUT2D eigenvalue weighted by atomic mass is 35.5. The Bertz CT molecular complexity index is 982. The van der Waals surface area contributed by atoms with Gasteiger partial charge >= 0.3 is 5.97 Å². The van der Waals surface area contributed by atoms with Gasteiger partial charge in [-0.15, -0.1) is 11.6 Å². The number of carbonyl (C=O) groups is 3. The second-order valence-corrected chi connectivity index (χ2v) is 13.0. The summed E-state index contributed by atoms with van der Waals surface area (Å²) in [6, 6.07) is 0. The number of carbonyl (C=O) groups excluding carboxylic acids is 3. The third-order valence-corrected chi connectivity index (χ3v) is 10.3. The molecule has 0 unspecified atom stereocenters. The van der Waals surface area contributed by atoms with Crippen molar-refractivity contribution in [3.8, 4) is 0 Å². The molecular weight excluding hydrogens is 459 g/mol. The van der Waals surface area contributed by atoms with Crippen molar-refractivity contribution in [1.29, 1.82) is 0 Å². The second-order valence-electron chi connectivity index (χ2n) is 12.4. The number of halogens is 2. The van der Waals surface area contributed by atoms with Crippen LogP contribution in [0.5, 0.6) is 0 Å². The molecule has 34 heavy (non-hydrogen) atoms. The number of hydrogen-bond donors (Lipinski definition) is 1. The van der Waals surface area contributed by atoms with E-state index in [2.05, 4.69) is 0 Å². The Labute approximate surface area is 206 Å². The summed E-state index contributed by atoms with van der Waals surface area (Å²) in [6.45, 7) is 10.8. The summed E-state index contributed by atoms with van der Waals surface area (Å²) in [5.41, 5.74) is -1.93. The molecular formula is C27H36ClFO5. The van der Waals surface area contributed by atoms with Crippen LogP contribution in [0, 0.1) is 39.9 Å². The Morgan fingerprint density at radius 1 is 1.24 bits per heavy atom. The van der Waals surface area contributed by atoms with Gasteiger partial charge in [-0.05, 0) is 60.2 Å². The number of ether oxygens (including phenoxy) is 1. The van der Waals surface area contributed by atoms with E-state index in [0.29, 0.717) is 12.0 Å².